The minimum atomic E-state index is -0.706. The number of azide groups is 1. The van der Waals surface area contributed by atoms with Crippen molar-refractivity contribution in [2.45, 2.75) is 13.0 Å². The van der Waals surface area contributed by atoms with Gasteiger partial charge in [-0.2, -0.15) is 0 Å². The first-order chi connectivity index (χ1) is 13.5. The molecular formula is C18H14FN5O4. The SMILES string of the molecule is Cc1ccc2c(c1)oc(=O)n2-c1ccc(N2C[C@@H](CN=[N+]=[N-])OC2=O)cc1F. The number of rotatable bonds is 4. The standard InChI is InChI=1S/C18H14FN5O4/c1-10-2-4-15-16(6-10)28-18(26)24(15)14-5-3-11(7-13(14)19)23-9-12(8-21-22-20)27-17(23)25/h2-7,12H,8-9H2,1H3/t12-/m1/s1. The first-order valence-electron chi connectivity index (χ1n) is 8.39. The van der Waals surface area contributed by atoms with Crippen LogP contribution in [0.4, 0.5) is 14.9 Å². The largest absolute Gasteiger partial charge is 0.444 e. The summed E-state index contributed by atoms with van der Waals surface area (Å²) in [5.41, 5.74) is 10.4. The highest BCUT2D eigenvalue weighted by atomic mass is 19.1. The van der Waals surface area contributed by atoms with Crippen molar-refractivity contribution in [1.82, 2.24) is 4.57 Å². The van der Waals surface area contributed by atoms with Crippen LogP contribution >= 0.6 is 0 Å². The van der Waals surface area contributed by atoms with E-state index in [9.17, 15) is 14.0 Å². The van der Waals surface area contributed by atoms with E-state index in [-0.39, 0.29) is 24.5 Å². The lowest BCUT2D eigenvalue weighted by Crippen LogP contribution is -2.25. The summed E-state index contributed by atoms with van der Waals surface area (Å²) in [6, 6.07) is 9.23. The van der Waals surface area contributed by atoms with E-state index in [0.717, 1.165) is 16.2 Å². The van der Waals surface area contributed by atoms with Crippen molar-refractivity contribution in [3.8, 4) is 5.69 Å². The van der Waals surface area contributed by atoms with Crippen LogP contribution in [0.25, 0.3) is 27.2 Å². The molecule has 0 aliphatic carbocycles. The van der Waals surface area contributed by atoms with Crippen molar-refractivity contribution in [1.29, 1.82) is 0 Å². The number of ether oxygens (including phenoxy) is 1. The Balaban J connectivity index is 1.70. The number of hydrogen-bond donors (Lipinski definition) is 0. The van der Waals surface area contributed by atoms with Crippen LogP contribution < -0.4 is 10.7 Å². The summed E-state index contributed by atoms with van der Waals surface area (Å²) in [6.45, 7) is 1.98. The Morgan fingerprint density at radius 1 is 1.29 bits per heavy atom. The molecule has 0 spiro atoms. The van der Waals surface area contributed by atoms with Crippen molar-refractivity contribution < 1.29 is 18.3 Å². The molecule has 0 unspecified atom stereocenters. The van der Waals surface area contributed by atoms with Gasteiger partial charge in [0.1, 0.15) is 11.9 Å². The van der Waals surface area contributed by atoms with Crippen LogP contribution in [-0.2, 0) is 4.74 Å². The molecule has 1 aliphatic rings. The normalized spacial score (nSPS) is 16.3. The van der Waals surface area contributed by atoms with E-state index < -0.39 is 23.8 Å². The molecule has 2 aromatic carbocycles. The number of fused-ring (bicyclic) bond motifs is 1. The topological polar surface area (TPSA) is 113 Å². The van der Waals surface area contributed by atoms with E-state index in [1.165, 1.54) is 17.0 Å². The van der Waals surface area contributed by atoms with Crippen LogP contribution in [0.1, 0.15) is 5.56 Å². The van der Waals surface area contributed by atoms with Crippen molar-refractivity contribution in [3.63, 3.8) is 0 Å². The summed E-state index contributed by atoms with van der Waals surface area (Å²) in [7, 11) is 0. The van der Waals surface area contributed by atoms with Gasteiger partial charge in [0.05, 0.1) is 30.0 Å². The highest BCUT2D eigenvalue weighted by Crippen LogP contribution is 2.27. The molecule has 1 aromatic heterocycles. The molecule has 3 aromatic rings. The third kappa shape index (κ3) is 2.95. The number of aryl methyl sites for hydroxylation is 1. The maximum atomic E-state index is 14.8. The van der Waals surface area contributed by atoms with E-state index >= 15 is 0 Å². The number of carbonyl (C=O) groups excluding carboxylic acids is 1. The number of cyclic esters (lactones) is 1. The Hall–Kier alpha value is -3.78. The highest BCUT2D eigenvalue weighted by molar-refractivity contribution is 5.90. The molecule has 9 nitrogen and oxygen atoms in total. The summed E-state index contributed by atoms with van der Waals surface area (Å²) in [5.74, 6) is -1.41. The molecule has 1 saturated heterocycles. The molecule has 1 fully saturated rings. The van der Waals surface area contributed by atoms with Gasteiger partial charge in [0, 0.05) is 4.91 Å². The van der Waals surface area contributed by atoms with Gasteiger partial charge in [0.2, 0.25) is 0 Å². The van der Waals surface area contributed by atoms with Crippen molar-refractivity contribution in [3.05, 3.63) is 68.8 Å². The Morgan fingerprint density at radius 2 is 2.11 bits per heavy atom. The Labute approximate surface area is 157 Å². The Morgan fingerprint density at radius 3 is 2.86 bits per heavy atom. The van der Waals surface area contributed by atoms with Crippen LogP contribution in [0.2, 0.25) is 0 Å². The monoisotopic (exact) mass is 383 g/mol. The minimum Gasteiger partial charge on any atom is -0.444 e. The van der Waals surface area contributed by atoms with E-state index in [1.54, 1.807) is 18.2 Å². The highest BCUT2D eigenvalue weighted by Gasteiger charge is 2.32. The van der Waals surface area contributed by atoms with Crippen molar-refractivity contribution in [2.24, 2.45) is 5.11 Å². The molecule has 4 rings (SSSR count). The van der Waals surface area contributed by atoms with E-state index in [4.69, 9.17) is 14.7 Å². The van der Waals surface area contributed by atoms with Crippen LogP contribution in [0, 0.1) is 12.7 Å². The second kappa shape index (κ2) is 6.75. The second-order valence-electron chi connectivity index (χ2n) is 6.34. The molecule has 0 N–H and O–H groups in total. The van der Waals surface area contributed by atoms with Gasteiger partial charge in [-0.25, -0.2) is 18.5 Å². The fourth-order valence-corrected chi connectivity index (χ4v) is 3.15. The van der Waals surface area contributed by atoms with Gasteiger partial charge in [-0.15, -0.1) is 0 Å². The maximum absolute atomic E-state index is 14.8. The zero-order valence-electron chi connectivity index (χ0n) is 14.7. The molecule has 0 saturated carbocycles. The maximum Gasteiger partial charge on any atom is 0.424 e. The fourth-order valence-electron chi connectivity index (χ4n) is 3.15. The average Bonchev–Trinajstić information content (AvgIpc) is 3.18. The number of aromatic nitrogens is 1. The van der Waals surface area contributed by atoms with Gasteiger partial charge in [-0.3, -0.25) is 4.90 Å². The van der Waals surface area contributed by atoms with E-state index in [1.807, 2.05) is 6.92 Å². The lowest BCUT2D eigenvalue weighted by atomic mass is 10.2. The average molecular weight is 383 g/mol. The Kier molecular flexibility index (Phi) is 4.25. The first-order valence-corrected chi connectivity index (χ1v) is 8.39. The van der Waals surface area contributed by atoms with Crippen LogP contribution in [0.15, 0.2) is 50.7 Å². The number of carbonyl (C=O) groups is 1. The third-order valence-corrected chi connectivity index (χ3v) is 4.44. The van der Waals surface area contributed by atoms with Gasteiger partial charge >= 0.3 is 11.8 Å². The summed E-state index contributed by atoms with van der Waals surface area (Å²) in [5, 5.41) is 3.38. The lowest BCUT2D eigenvalue weighted by molar-refractivity contribution is 0.145. The number of anilines is 1. The summed E-state index contributed by atoms with van der Waals surface area (Å²) < 4.78 is 26.3. The molecule has 142 valence electrons. The van der Waals surface area contributed by atoms with Crippen LogP contribution in [-0.4, -0.2) is 29.9 Å². The quantitative estimate of drug-likeness (QED) is 0.388. The number of hydrogen-bond acceptors (Lipinski definition) is 5. The molecule has 0 bridgehead atoms. The predicted molar refractivity (Wildman–Crippen MR) is 98.1 cm³/mol. The van der Waals surface area contributed by atoms with E-state index in [2.05, 4.69) is 10.0 Å². The molecule has 1 amide bonds. The second-order valence-corrected chi connectivity index (χ2v) is 6.34. The van der Waals surface area contributed by atoms with Gasteiger partial charge in [-0.05, 0) is 48.4 Å². The summed E-state index contributed by atoms with van der Waals surface area (Å²) in [6.07, 6.45) is -1.26. The molecule has 28 heavy (non-hydrogen) atoms. The van der Waals surface area contributed by atoms with Crippen molar-refractivity contribution >= 4 is 22.9 Å². The van der Waals surface area contributed by atoms with Gasteiger partial charge in [0.25, 0.3) is 0 Å². The number of amides is 1. The molecule has 2 heterocycles. The molecular weight excluding hydrogens is 369 g/mol. The summed E-state index contributed by atoms with van der Waals surface area (Å²) in [4.78, 5) is 28.1. The predicted octanol–water partition coefficient (Wildman–Crippen LogP) is 3.67. The number of halogens is 1. The molecule has 1 aliphatic heterocycles. The minimum absolute atomic E-state index is 0.00484. The smallest absolute Gasteiger partial charge is 0.424 e. The zero-order chi connectivity index (χ0) is 19.8. The summed E-state index contributed by atoms with van der Waals surface area (Å²) >= 11 is 0. The number of benzene rings is 2. The van der Waals surface area contributed by atoms with Gasteiger partial charge in [-0.1, -0.05) is 11.2 Å². The lowest BCUT2D eigenvalue weighted by Gasteiger charge is -2.14. The zero-order valence-corrected chi connectivity index (χ0v) is 14.7. The molecule has 10 heteroatoms. The van der Waals surface area contributed by atoms with E-state index in [0.29, 0.717) is 11.1 Å². The molecule has 1 atom stereocenters. The van der Waals surface area contributed by atoms with Crippen LogP contribution in [0.5, 0.6) is 0 Å². The fraction of sp³-hybridized carbons (Fsp3) is 0.222. The van der Waals surface area contributed by atoms with Crippen LogP contribution in [0.3, 0.4) is 0 Å². The van der Waals surface area contributed by atoms with Crippen molar-refractivity contribution in [2.75, 3.05) is 18.0 Å². The number of nitrogens with zero attached hydrogens (tertiary/aromatic N) is 5. The van der Waals surface area contributed by atoms with Gasteiger partial charge in [0.15, 0.2) is 5.58 Å². The van der Waals surface area contributed by atoms with Gasteiger partial charge < -0.3 is 9.15 Å². The molecule has 0 radical (unpaired) electrons. The number of oxazole rings is 1. The Bertz CT molecular complexity index is 1190. The first kappa shape index (κ1) is 17.6. The third-order valence-electron chi connectivity index (χ3n) is 4.44.